The Morgan fingerprint density at radius 2 is 0.675 bits per heavy atom. The minimum atomic E-state index is 0. The predicted molar refractivity (Wildman–Crippen MR) is 342 cm³/mol. The van der Waals surface area contributed by atoms with E-state index in [1.807, 2.05) is 44.2 Å². The molecule has 0 bridgehead atoms. The Morgan fingerprint density at radius 3 is 1.20 bits per heavy atom. The summed E-state index contributed by atoms with van der Waals surface area (Å²) in [4.78, 5) is 31.3. The van der Waals surface area contributed by atoms with E-state index < -0.39 is 0 Å². The molecule has 0 spiro atoms. The SMILES string of the molecule is C.C.C.C.C.CC(C)c1ccc2nc(C(C)C)cn2c1.CC(C)c1ccc2nc(C(C)C)nn2c1.CC(C)c1cn2cc(C(C)C)nc2cn1.CC(C)c1cn2nc(C(C)C)ccc2n1.CC(C)c1cnc2nc(C(C)C)cn2c1. The Kier molecular flexibility index (Phi) is 27.8. The van der Waals surface area contributed by atoms with Crippen LogP contribution in [0.1, 0.15) is 291 Å². The van der Waals surface area contributed by atoms with Gasteiger partial charge in [0.05, 0.1) is 46.6 Å². The first-order chi connectivity index (χ1) is 35.4. The highest BCUT2D eigenvalue weighted by molar-refractivity contribution is 5.43. The second kappa shape index (κ2) is 31.2. The molecule has 0 amide bonds. The average Bonchev–Trinajstić information content (AvgIpc) is 4.22. The number of hydrogen-bond donors (Lipinski definition) is 0. The Bertz CT molecular complexity index is 2840. The molecule has 440 valence electrons. The van der Waals surface area contributed by atoms with E-state index in [0.29, 0.717) is 59.2 Å². The summed E-state index contributed by atoms with van der Waals surface area (Å²) in [5.74, 6) is 6.47. The monoisotopic (exact) mass is 1090 g/mol. The second-order valence-electron chi connectivity index (χ2n) is 22.9. The van der Waals surface area contributed by atoms with Crippen molar-refractivity contribution in [3.05, 3.63) is 155 Å². The third kappa shape index (κ3) is 18.4. The molecule has 10 aromatic heterocycles. The molecule has 0 N–H and O–H groups in total. The third-order valence-electron chi connectivity index (χ3n) is 13.0. The molecule has 14 heteroatoms. The van der Waals surface area contributed by atoms with Crippen LogP contribution in [0.25, 0.3) is 28.4 Å². The molecule has 14 nitrogen and oxygen atoms in total. The molecule has 0 atom stereocenters. The van der Waals surface area contributed by atoms with Crippen LogP contribution in [0.4, 0.5) is 0 Å². The van der Waals surface area contributed by atoms with E-state index in [-0.39, 0.29) is 37.1 Å². The quantitative estimate of drug-likeness (QED) is 0.131. The first-order valence-corrected chi connectivity index (χ1v) is 27.3. The van der Waals surface area contributed by atoms with Crippen molar-refractivity contribution in [2.45, 2.75) is 235 Å². The van der Waals surface area contributed by atoms with Crippen LogP contribution in [-0.4, -0.2) is 67.3 Å². The number of aromatic nitrogens is 14. The molecule has 0 aliphatic rings. The Morgan fingerprint density at radius 1 is 0.275 bits per heavy atom. The van der Waals surface area contributed by atoms with Crippen molar-refractivity contribution < 1.29 is 0 Å². The topological polar surface area (TPSA) is 138 Å². The van der Waals surface area contributed by atoms with E-state index in [1.165, 1.54) is 16.7 Å². The lowest BCUT2D eigenvalue weighted by Crippen LogP contribution is -1.98. The molecule has 0 radical (unpaired) electrons. The smallest absolute Gasteiger partial charge is 0.233 e. The van der Waals surface area contributed by atoms with Gasteiger partial charge < -0.3 is 8.80 Å². The summed E-state index contributed by atoms with van der Waals surface area (Å²) in [6.45, 7) is 43.2. The highest BCUT2D eigenvalue weighted by atomic mass is 15.3. The first-order valence-electron chi connectivity index (χ1n) is 27.3. The van der Waals surface area contributed by atoms with Crippen LogP contribution in [0.5, 0.6) is 0 Å². The van der Waals surface area contributed by atoms with E-state index in [2.05, 4.69) is 260 Å². The summed E-state index contributed by atoms with van der Waals surface area (Å²) in [7, 11) is 0. The first kappa shape index (κ1) is 71.2. The average molecular weight is 1100 g/mol. The van der Waals surface area contributed by atoms with Crippen LogP contribution in [0.15, 0.2) is 98.4 Å². The zero-order valence-corrected chi connectivity index (χ0v) is 48.8. The minimum absolute atomic E-state index is 0. The molecule has 0 saturated carbocycles. The number of hydrogen-bond acceptors (Lipinski definition) is 9. The highest BCUT2D eigenvalue weighted by Crippen LogP contribution is 2.22. The summed E-state index contributed by atoms with van der Waals surface area (Å²) in [5.41, 5.74) is 14.4. The van der Waals surface area contributed by atoms with Crippen LogP contribution < -0.4 is 0 Å². The molecule has 0 saturated heterocycles. The zero-order chi connectivity index (χ0) is 55.0. The van der Waals surface area contributed by atoms with Crippen molar-refractivity contribution in [1.82, 2.24) is 67.3 Å². The van der Waals surface area contributed by atoms with E-state index in [4.69, 9.17) is 0 Å². The molecule has 10 aromatic rings. The fourth-order valence-corrected chi connectivity index (χ4v) is 7.66. The lowest BCUT2D eigenvalue weighted by Gasteiger charge is -2.04. The van der Waals surface area contributed by atoms with Crippen molar-refractivity contribution in [2.75, 3.05) is 0 Å². The highest BCUT2D eigenvalue weighted by Gasteiger charge is 2.13. The number of fused-ring (bicyclic) bond motifs is 5. The zero-order valence-electron chi connectivity index (χ0n) is 48.8. The largest absolute Gasteiger partial charge is 0.307 e. The van der Waals surface area contributed by atoms with Gasteiger partial charge in [0, 0.05) is 55.5 Å². The summed E-state index contributed by atoms with van der Waals surface area (Å²) in [5, 5.41) is 8.99. The molecule has 10 heterocycles. The van der Waals surface area contributed by atoms with Crippen molar-refractivity contribution in [3.63, 3.8) is 0 Å². The van der Waals surface area contributed by atoms with Crippen LogP contribution in [0.2, 0.25) is 0 Å². The van der Waals surface area contributed by atoms with Crippen LogP contribution in [-0.2, 0) is 0 Å². The maximum atomic E-state index is 4.58. The van der Waals surface area contributed by atoms with E-state index in [9.17, 15) is 0 Å². The van der Waals surface area contributed by atoms with Gasteiger partial charge >= 0.3 is 0 Å². The summed E-state index contributed by atoms with van der Waals surface area (Å²) in [6.07, 6.45) is 20.5. The summed E-state index contributed by atoms with van der Waals surface area (Å²) >= 11 is 0. The maximum absolute atomic E-state index is 4.58. The van der Waals surface area contributed by atoms with Gasteiger partial charge in [-0.15, -0.1) is 0 Å². The van der Waals surface area contributed by atoms with Gasteiger partial charge in [-0.25, -0.2) is 38.9 Å². The third-order valence-corrected chi connectivity index (χ3v) is 13.0. The van der Waals surface area contributed by atoms with E-state index in [0.717, 1.165) is 68.4 Å². The van der Waals surface area contributed by atoms with E-state index >= 15 is 0 Å². The van der Waals surface area contributed by atoms with Crippen LogP contribution in [0.3, 0.4) is 0 Å². The molecule has 80 heavy (non-hydrogen) atoms. The van der Waals surface area contributed by atoms with Gasteiger partial charge in [0.25, 0.3) is 0 Å². The fraction of sp³-hybridized carbons (Fsp3) is 0.530. The van der Waals surface area contributed by atoms with Crippen molar-refractivity contribution in [3.8, 4) is 0 Å². The van der Waals surface area contributed by atoms with Crippen molar-refractivity contribution >= 4 is 28.4 Å². The molecular formula is C66H106N14. The Labute approximate surface area is 483 Å². The molecule has 10 rings (SSSR count). The maximum Gasteiger partial charge on any atom is 0.233 e. The Hall–Kier alpha value is -6.83. The molecule has 0 aliphatic carbocycles. The predicted octanol–water partition coefficient (Wildman–Crippen LogP) is 18.7. The van der Waals surface area contributed by atoms with E-state index in [1.54, 1.807) is 0 Å². The second-order valence-corrected chi connectivity index (χ2v) is 22.9. The number of rotatable bonds is 10. The molecule has 0 aromatic carbocycles. The molecule has 0 unspecified atom stereocenters. The Balaban J connectivity index is 0.000000492. The molecule has 0 fully saturated rings. The van der Waals surface area contributed by atoms with Gasteiger partial charge in [0.1, 0.15) is 5.65 Å². The van der Waals surface area contributed by atoms with Crippen LogP contribution in [0, 0.1) is 0 Å². The standard InChI is InChI=1S/C13H18N2.4C12H17N3.5CH4/c1-9(2)11-5-6-13-14-12(10(3)4)8-15(13)7-11;1-8(2)10-6-15-7-11(9(3)4)14-12(15)5-13-10;1-8(2)10-5-13-12-14-11(9(3)4)7-15(12)6-10;1-8(2)10-5-6-12-13-11(9(3)4)7-15(12)14-10;1-8(2)10-5-6-11-13-12(9(3)4)14-15(11)7-10;;;;;/h5-10H,1-4H3;4*5-9H,1-4H3;5*1H4. The van der Waals surface area contributed by atoms with Gasteiger partial charge in [0.15, 0.2) is 22.8 Å². The summed E-state index contributed by atoms with van der Waals surface area (Å²) in [6, 6.07) is 12.5. The minimum Gasteiger partial charge on any atom is -0.307 e. The van der Waals surface area contributed by atoms with Gasteiger partial charge in [0.2, 0.25) is 5.78 Å². The fourth-order valence-electron chi connectivity index (χ4n) is 7.66. The van der Waals surface area contributed by atoms with Gasteiger partial charge in [-0.1, -0.05) is 188 Å². The van der Waals surface area contributed by atoms with Gasteiger partial charge in [-0.2, -0.15) is 10.2 Å². The van der Waals surface area contributed by atoms with Crippen LogP contribution >= 0.6 is 0 Å². The lowest BCUT2D eigenvalue weighted by atomic mass is 10.1. The van der Waals surface area contributed by atoms with Gasteiger partial charge in [-0.05, 0) is 94.2 Å². The molecule has 0 aliphatic heterocycles. The molecular weight excluding hydrogens is 989 g/mol. The summed E-state index contributed by atoms with van der Waals surface area (Å²) < 4.78 is 9.97. The van der Waals surface area contributed by atoms with Crippen molar-refractivity contribution in [2.24, 2.45) is 0 Å². The lowest BCUT2D eigenvalue weighted by molar-refractivity contribution is 0.759. The van der Waals surface area contributed by atoms with Gasteiger partial charge in [-0.3, -0.25) is 9.38 Å². The van der Waals surface area contributed by atoms with Crippen molar-refractivity contribution in [1.29, 1.82) is 0 Å². The number of imidazole rings is 4. The number of pyridine rings is 2. The number of nitrogens with zero attached hydrogens (tertiary/aromatic N) is 14. The normalized spacial score (nSPS) is 11.1.